The molecule has 0 amide bonds. The molecule has 0 fully saturated rings. The van der Waals surface area contributed by atoms with Crippen LogP contribution in [0, 0.1) is 0 Å². The molecule has 96 valence electrons. The van der Waals surface area contributed by atoms with E-state index in [1.165, 1.54) is 0 Å². The molecular formula is C16H12N4. The van der Waals surface area contributed by atoms with Gasteiger partial charge in [0.15, 0.2) is 0 Å². The summed E-state index contributed by atoms with van der Waals surface area (Å²) >= 11 is 0. The zero-order valence-corrected chi connectivity index (χ0v) is 10.7. The predicted octanol–water partition coefficient (Wildman–Crippen LogP) is 3.13. The summed E-state index contributed by atoms with van der Waals surface area (Å²) in [6.45, 7) is 0. The van der Waals surface area contributed by atoms with Crippen LogP contribution in [0.15, 0.2) is 60.8 Å². The summed E-state index contributed by atoms with van der Waals surface area (Å²) in [7, 11) is 0. The van der Waals surface area contributed by atoms with Crippen molar-refractivity contribution in [2.75, 3.05) is 5.73 Å². The van der Waals surface area contributed by atoms with E-state index >= 15 is 0 Å². The van der Waals surface area contributed by atoms with Crippen LogP contribution in [0.2, 0.25) is 0 Å². The van der Waals surface area contributed by atoms with Gasteiger partial charge in [-0.3, -0.25) is 4.40 Å². The van der Waals surface area contributed by atoms with E-state index in [0.717, 1.165) is 28.0 Å². The average Bonchev–Trinajstić information content (AvgIpc) is 2.86. The van der Waals surface area contributed by atoms with Crippen LogP contribution in [0.25, 0.3) is 28.1 Å². The molecule has 4 rings (SSSR count). The van der Waals surface area contributed by atoms with Crippen LogP contribution < -0.4 is 5.73 Å². The fraction of sp³-hybridized carbons (Fsp3) is 0. The molecule has 0 aliphatic rings. The number of fused-ring (bicyclic) bond motifs is 3. The number of nitrogens with zero attached hydrogens (tertiary/aromatic N) is 3. The van der Waals surface area contributed by atoms with Crippen LogP contribution in [0.1, 0.15) is 0 Å². The Balaban J connectivity index is 2.11. The second-order valence-electron chi connectivity index (χ2n) is 4.69. The number of imidazole rings is 1. The highest BCUT2D eigenvalue weighted by atomic mass is 15.1. The molecule has 4 heteroatoms. The Morgan fingerprint density at radius 2 is 1.70 bits per heavy atom. The van der Waals surface area contributed by atoms with Gasteiger partial charge in [-0.25, -0.2) is 9.97 Å². The Bertz CT molecular complexity index is 907. The molecule has 2 heterocycles. The van der Waals surface area contributed by atoms with Crippen molar-refractivity contribution < 1.29 is 0 Å². The van der Waals surface area contributed by atoms with Crippen LogP contribution in [0.3, 0.4) is 0 Å². The molecule has 2 aromatic heterocycles. The number of anilines is 1. The first-order chi connectivity index (χ1) is 9.83. The summed E-state index contributed by atoms with van der Waals surface area (Å²) in [5.74, 6) is 0.709. The van der Waals surface area contributed by atoms with Gasteiger partial charge in [0.05, 0.1) is 16.7 Å². The lowest BCUT2D eigenvalue weighted by Crippen LogP contribution is -1.94. The molecule has 0 spiro atoms. The van der Waals surface area contributed by atoms with Crippen LogP contribution >= 0.6 is 0 Å². The Kier molecular flexibility index (Phi) is 2.23. The number of nitrogen functional groups attached to an aromatic ring is 1. The van der Waals surface area contributed by atoms with Gasteiger partial charge in [0.2, 0.25) is 5.78 Å². The van der Waals surface area contributed by atoms with Crippen molar-refractivity contribution in [3.8, 4) is 11.3 Å². The van der Waals surface area contributed by atoms with Crippen molar-refractivity contribution in [2.24, 2.45) is 0 Å². The number of aromatic nitrogens is 3. The molecule has 2 aromatic carbocycles. The maximum atomic E-state index is 5.76. The van der Waals surface area contributed by atoms with Crippen molar-refractivity contribution in [2.45, 2.75) is 0 Å². The number of nitrogens with two attached hydrogens (primary N) is 1. The van der Waals surface area contributed by atoms with Gasteiger partial charge in [-0.15, -0.1) is 0 Å². The van der Waals surface area contributed by atoms with Crippen molar-refractivity contribution in [3.63, 3.8) is 0 Å². The average molecular weight is 260 g/mol. The molecule has 2 N–H and O–H groups in total. The van der Waals surface area contributed by atoms with Gasteiger partial charge in [0.1, 0.15) is 0 Å². The van der Waals surface area contributed by atoms with Crippen molar-refractivity contribution >= 4 is 22.5 Å². The molecule has 0 saturated carbocycles. The first-order valence-electron chi connectivity index (χ1n) is 6.41. The first-order valence-corrected chi connectivity index (χ1v) is 6.41. The third kappa shape index (κ3) is 1.55. The highest BCUT2D eigenvalue weighted by Crippen LogP contribution is 2.25. The maximum absolute atomic E-state index is 5.76. The summed E-state index contributed by atoms with van der Waals surface area (Å²) in [4.78, 5) is 8.90. The third-order valence-corrected chi connectivity index (χ3v) is 3.41. The second kappa shape index (κ2) is 4.06. The number of rotatable bonds is 1. The van der Waals surface area contributed by atoms with E-state index in [4.69, 9.17) is 5.73 Å². The van der Waals surface area contributed by atoms with Crippen LogP contribution in [0.4, 0.5) is 5.69 Å². The highest BCUT2D eigenvalue weighted by Gasteiger charge is 2.09. The lowest BCUT2D eigenvalue weighted by Gasteiger charge is -2.06. The fourth-order valence-corrected chi connectivity index (χ4v) is 2.47. The normalized spacial score (nSPS) is 11.2. The van der Waals surface area contributed by atoms with E-state index < -0.39 is 0 Å². The Hall–Kier alpha value is -2.88. The molecule has 4 nitrogen and oxygen atoms in total. The topological polar surface area (TPSA) is 56.2 Å². The first kappa shape index (κ1) is 11.0. The Morgan fingerprint density at radius 1 is 0.900 bits per heavy atom. The van der Waals surface area contributed by atoms with Gasteiger partial charge in [-0.05, 0) is 35.9 Å². The maximum Gasteiger partial charge on any atom is 0.235 e. The van der Waals surface area contributed by atoms with Crippen LogP contribution in [-0.2, 0) is 0 Å². The molecule has 0 unspecified atom stereocenters. The Morgan fingerprint density at radius 3 is 2.55 bits per heavy atom. The predicted molar refractivity (Wildman–Crippen MR) is 80.3 cm³/mol. The van der Waals surface area contributed by atoms with E-state index in [-0.39, 0.29) is 0 Å². The number of para-hydroxylation sites is 2. The lowest BCUT2D eigenvalue weighted by molar-refractivity contribution is 1.14. The van der Waals surface area contributed by atoms with Gasteiger partial charge in [-0.1, -0.05) is 24.3 Å². The molecule has 0 saturated heterocycles. The van der Waals surface area contributed by atoms with Crippen LogP contribution in [0.5, 0.6) is 0 Å². The monoisotopic (exact) mass is 260 g/mol. The summed E-state index contributed by atoms with van der Waals surface area (Å²) < 4.78 is 2.07. The van der Waals surface area contributed by atoms with Crippen molar-refractivity contribution in [3.05, 3.63) is 60.8 Å². The number of benzene rings is 2. The van der Waals surface area contributed by atoms with E-state index in [1.807, 2.05) is 48.5 Å². The molecule has 0 radical (unpaired) electrons. The zero-order valence-electron chi connectivity index (χ0n) is 10.7. The van der Waals surface area contributed by atoms with E-state index in [9.17, 15) is 0 Å². The molecule has 0 bridgehead atoms. The molecular weight excluding hydrogens is 248 g/mol. The number of hydrogen-bond acceptors (Lipinski definition) is 3. The molecule has 4 aromatic rings. The van der Waals surface area contributed by atoms with Crippen molar-refractivity contribution in [1.29, 1.82) is 0 Å². The lowest BCUT2D eigenvalue weighted by atomic mass is 10.1. The quantitative estimate of drug-likeness (QED) is 0.535. The molecule has 0 aliphatic heterocycles. The zero-order chi connectivity index (χ0) is 13.5. The SMILES string of the molecule is Nc1ccc(-c2ccnc3nc4ccccc4n23)cc1. The largest absolute Gasteiger partial charge is 0.399 e. The highest BCUT2D eigenvalue weighted by molar-refractivity contribution is 5.82. The molecule has 20 heavy (non-hydrogen) atoms. The van der Waals surface area contributed by atoms with Gasteiger partial charge >= 0.3 is 0 Å². The molecule has 0 atom stereocenters. The van der Waals surface area contributed by atoms with Gasteiger partial charge < -0.3 is 5.73 Å². The van der Waals surface area contributed by atoms with Gasteiger partial charge in [-0.2, -0.15) is 0 Å². The summed E-state index contributed by atoms with van der Waals surface area (Å²) in [5, 5.41) is 0. The number of hydrogen-bond donors (Lipinski definition) is 1. The molecule has 0 aliphatic carbocycles. The van der Waals surface area contributed by atoms with E-state index in [2.05, 4.69) is 20.4 Å². The van der Waals surface area contributed by atoms with E-state index in [1.54, 1.807) is 6.20 Å². The minimum Gasteiger partial charge on any atom is -0.399 e. The summed E-state index contributed by atoms with van der Waals surface area (Å²) in [6.07, 6.45) is 1.78. The fourth-order valence-electron chi connectivity index (χ4n) is 2.47. The summed E-state index contributed by atoms with van der Waals surface area (Å²) in [5.41, 5.74) is 10.7. The van der Waals surface area contributed by atoms with Crippen LogP contribution in [-0.4, -0.2) is 14.4 Å². The Labute approximate surface area is 115 Å². The van der Waals surface area contributed by atoms with E-state index in [0.29, 0.717) is 5.78 Å². The summed E-state index contributed by atoms with van der Waals surface area (Å²) in [6, 6.07) is 17.9. The third-order valence-electron chi connectivity index (χ3n) is 3.41. The standard InChI is InChI=1S/C16H12N4/c17-12-7-5-11(6-8-12)14-9-10-18-16-19-13-3-1-2-4-15(13)20(14)16/h1-10H,17H2. The van der Waals surface area contributed by atoms with Gasteiger partial charge in [0, 0.05) is 11.9 Å². The minimum absolute atomic E-state index is 0.709. The van der Waals surface area contributed by atoms with Crippen molar-refractivity contribution in [1.82, 2.24) is 14.4 Å². The second-order valence-corrected chi connectivity index (χ2v) is 4.69. The van der Waals surface area contributed by atoms with Gasteiger partial charge in [0.25, 0.3) is 0 Å². The smallest absolute Gasteiger partial charge is 0.235 e. The minimum atomic E-state index is 0.709.